The zero-order valence-electron chi connectivity index (χ0n) is 14.9. The number of amides is 1. The Bertz CT molecular complexity index is 727. The van der Waals surface area contributed by atoms with Crippen LogP contribution in [0, 0.1) is 5.92 Å². The summed E-state index contributed by atoms with van der Waals surface area (Å²) in [4.78, 5) is 14.9. The second-order valence-electron chi connectivity index (χ2n) is 6.71. The van der Waals surface area contributed by atoms with Crippen molar-refractivity contribution < 1.29 is 4.79 Å². The van der Waals surface area contributed by atoms with Gasteiger partial charge in [-0.3, -0.25) is 9.69 Å². The fourth-order valence-corrected chi connectivity index (χ4v) is 5.02. The number of carbonyl (C=O) groups excluding carboxylic acids is 1. The second-order valence-corrected chi connectivity index (χ2v) is 9.94. The Kier molecular flexibility index (Phi) is 6.92. The maximum absolute atomic E-state index is 12.5. The highest BCUT2D eigenvalue weighted by Gasteiger charge is 2.25. The van der Waals surface area contributed by atoms with Gasteiger partial charge in [0.2, 0.25) is 11.0 Å². The third kappa shape index (κ3) is 5.67. The molecular formula is C18H23ClN4OS2. The lowest BCUT2D eigenvalue weighted by Crippen LogP contribution is -2.37. The molecule has 0 spiro atoms. The van der Waals surface area contributed by atoms with Gasteiger partial charge in [-0.05, 0) is 43.6 Å². The standard InChI is InChI=1S/C18H23ClN4OS2/c1-12(2)25-18-22-21-17(26-18)20-16(24)14-7-9-23(10-8-14)11-13-3-5-15(19)6-4-13/h3-6,12,14H,7-11H2,1-2H3,(H,20,21,24). The number of aromatic nitrogens is 2. The van der Waals surface area contributed by atoms with Crippen molar-refractivity contribution in [2.75, 3.05) is 18.4 Å². The Morgan fingerprint density at radius 3 is 2.65 bits per heavy atom. The minimum atomic E-state index is 0.0431. The molecule has 0 aliphatic carbocycles. The van der Waals surface area contributed by atoms with Gasteiger partial charge in [0.1, 0.15) is 0 Å². The van der Waals surface area contributed by atoms with E-state index in [0.717, 1.165) is 41.8 Å². The van der Waals surface area contributed by atoms with Crippen LogP contribution in [0.3, 0.4) is 0 Å². The largest absolute Gasteiger partial charge is 0.300 e. The first-order chi connectivity index (χ1) is 12.5. The number of hydrogen-bond donors (Lipinski definition) is 1. The van der Waals surface area contributed by atoms with Crippen LogP contribution >= 0.6 is 34.7 Å². The molecule has 1 aliphatic heterocycles. The van der Waals surface area contributed by atoms with Crippen LogP contribution in [-0.4, -0.2) is 39.3 Å². The molecule has 1 N–H and O–H groups in total. The number of nitrogens with zero attached hydrogens (tertiary/aromatic N) is 3. The molecule has 1 fully saturated rings. The number of nitrogens with one attached hydrogen (secondary N) is 1. The van der Waals surface area contributed by atoms with Gasteiger partial charge in [0.25, 0.3) is 0 Å². The van der Waals surface area contributed by atoms with E-state index in [9.17, 15) is 4.79 Å². The summed E-state index contributed by atoms with van der Waals surface area (Å²) in [6.45, 7) is 6.97. The van der Waals surface area contributed by atoms with Crippen molar-refractivity contribution in [1.82, 2.24) is 15.1 Å². The molecule has 8 heteroatoms. The Hall–Kier alpha value is -1.15. The van der Waals surface area contributed by atoms with Crippen molar-refractivity contribution in [2.24, 2.45) is 5.92 Å². The van der Waals surface area contributed by atoms with Crippen LogP contribution in [0.25, 0.3) is 0 Å². The highest BCUT2D eigenvalue weighted by molar-refractivity contribution is 8.01. The van der Waals surface area contributed by atoms with E-state index in [4.69, 9.17) is 11.6 Å². The van der Waals surface area contributed by atoms with Crippen LogP contribution in [0.2, 0.25) is 5.02 Å². The molecule has 0 saturated carbocycles. The molecule has 1 saturated heterocycles. The summed E-state index contributed by atoms with van der Waals surface area (Å²) in [7, 11) is 0. The predicted molar refractivity (Wildman–Crippen MR) is 109 cm³/mol. The number of rotatable bonds is 6. The smallest absolute Gasteiger partial charge is 0.229 e. The molecule has 0 unspecified atom stereocenters. The molecule has 3 rings (SSSR count). The van der Waals surface area contributed by atoms with Gasteiger partial charge in [0.15, 0.2) is 4.34 Å². The van der Waals surface area contributed by atoms with E-state index < -0.39 is 0 Å². The first-order valence-electron chi connectivity index (χ1n) is 8.77. The van der Waals surface area contributed by atoms with Crippen molar-refractivity contribution in [3.8, 4) is 0 Å². The predicted octanol–water partition coefficient (Wildman–Crippen LogP) is 4.54. The number of piperidine rings is 1. The van der Waals surface area contributed by atoms with E-state index in [0.29, 0.717) is 10.4 Å². The van der Waals surface area contributed by atoms with E-state index in [1.807, 2.05) is 12.1 Å². The number of hydrogen-bond acceptors (Lipinski definition) is 6. The lowest BCUT2D eigenvalue weighted by molar-refractivity contribution is -0.121. The number of thioether (sulfide) groups is 1. The Labute approximate surface area is 167 Å². The van der Waals surface area contributed by atoms with Crippen LogP contribution in [0.1, 0.15) is 32.3 Å². The molecule has 140 valence electrons. The van der Waals surface area contributed by atoms with E-state index in [1.54, 1.807) is 11.8 Å². The summed E-state index contributed by atoms with van der Waals surface area (Å²) >= 11 is 9.04. The lowest BCUT2D eigenvalue weighted by Gasteiger charge is -2.31. The lowest BCUT2D eigenvalue weighted by atomic mass is 9.95. The van der Waals surface area contributed by atoms with E-state index in [2.05, 4.69) is 46.4 Å². The van der Waals surface area contributed by atoms with Gasteiger partial charge in [-0.1, -0.05) is 60.7 Å². The molecule has 2 heterocycles. The summed E-state index contributed by atoms with van der Waals surface area (Å²) in [5, 5.41) is 12.9. The maximum atomic E-state index is 12.5. The summed E-state index contributed by atoms with van der Waals surface area (Å²) in [5.74, 6) is 0.106. The molecule has 5 nitrogen and oxygen atoms in total. The van der Waals surface area contributed by atoms with Crippen molar-refractivity contribution >= 4 is 45.7 Å². The number of carbonyl (C=O) groups is 1. The van der Waals surface area contributed by atoms with Crippen LogP contribution in [0.5, 0.6) is 0 Å². The third-order valence-electron chi connectivity index (χ3n) is 4.25. The zero-order chi connectivity index (χ0) is 18.5. The summed E-state index contributed by atoms with van der Waals surface area (Å²) in [6, 6.07) is 7.96. The Morgan fingerprint density at radius 1 is 1.31 bits per heavy atom. The van der Waals surface area contributed by atoms with Gasteiger partial charge in [0.05, 0.1) is 0 Å². The third-order valence-corrected chi connectivity index (χ3v) is 6.43. The SMILES string of the molecule is CC(C)Sc1nnc(NC(=O)C2CCN(Cc3ccc(Cl)cc3)CC2)s1. The molecule has 1 amide bonds. The highest BCUT2D eigenvalue weighted by atomic mass is 35.5. The Morgan fingerprint density at radius 2 is 2.00 bits per heavy atom. The van der Waals surface area contributed by atoms with E-state index in [1.165, 1.54) is 16.9 Å². The summed E-state index contributed by atoms with van der Waals surface area (Å²) in [6.07, 6.45) is 1.73. The van der Waals surface area contributed by atoms with Crippen molar-refractivity contribution in [1.29, 1.82) is 0 Å². The molecular weight excluding hydrogens is 388 g/mol. The quantitative estimate of drug-likeness (QED) is 0.559. The van der Waals surface area contributed by atoms with Crippen LogP contribution < -0.4 is 5.32 Å². The summed E-state index contributed by atoms with van der Waals surface area (Å²) in [5.41, 5.74) is 1.25. The molecule has 1 aromatic carbocycles. The molecule has 1 aromatic heterocycles. The van der Waals surface area contributed by atoms with Gasteiger partial charge in [0, 0.05) is 22.7 Å². The second kappa shape index (κ2) is 9.17. The number of halogens is 1. The van der Waals surface area contributed by atoms with E-state index >= 15 is 0 Å². The molecule has 0 atom stereocenters. The molecule has 0 radical (unpaired) electrons. The average molecular weight is 411 g/mol. The first kappa shape index (κ1) is 19.6. The fourth-order valence-electron chi connectivity index (χ4n) is 2.92. The monoisotopic (exact) mass is 410 g/mol. The number of anilines is 1. The minimum Gasteiger partial charge on any atom is -0.300 e. The highest BCUT2D eigenvalue weighted by Crippen LogP contribution is 2.29. The number of benzene rings is 1. The normalized spacial score (nSPS) is 16.2. The van der Waals surface area contributed by atoms with Crippen molar-refractivity contribution in [3.63, 3.8) is 0 Å². The van der Waals surface area contributed by atoms with E-state index in [-0.39, 0.29) is 11.8 Å². The van der Waals surface area contributed by atoms with Crippen LogP contribution in [0.4, 0.5) is 5.13 Å². The molecule has 2 aromatic rings. The van der Waals surface area contributed by atoms with Gasteiger partial charge in [-0.2, -0.15) is 0 Å². The molecule has 1 aliphatic rings. The topological polar surface area (TPSA) is 58.1 Å². The van der Waals surface area contributed by atoms with Crippen molar-refractivity contribution in [2.45, 2.75) is 42.8 Å². The summed E-state index contributed by atoms with van der Waals surface area (Å²) < 4.78 is 0.896. The average Bonchev–Trinajstić information content (AvgIpc) is 3.03. The van der Waals surface area contributed by atoms with Crippen LogP contribution in [0.15, 0.2) is 28.6 Å². The zero-order valence-corrected chi connectivity index (χ0v) is 17.3. The molecule has 26 heavy (non-hydrogen) atoms. The van der Waals surface area contributed by atoms with Gasteiger partial charge < -0.3 is 5.32 Å². The molecule has 0 bridgehead atoms. The number of likely N-dealkylation sites (tertiary alicyclic amines) is 1. The minimum absolute atomic E-state index is 0.0431. The van der Waals surface area contributed by atoms with Gasteiger partial charge >= 0.3 is 0 Å². The Balaban J connectivity index is 1.46. The van der Waals surface area contributed by atoms with Gasteiger partial charge in [-0.15, -0.1) is 10.2 Å². The van der Waals surface area contributed by atoms with Gasteiger partial charge in [-0.25, -0.2) is 0 Å². The van der Waals surface area contributed by atoms with Crippen LogP contribution in [-0.2, 0) is 11.3 Å². The first-order valence-corrected chi connectivity index (χ1v) is 10.8. The fraction of sp³-hybridized carbons (Fsp3) is 0.500. The van der Waals surface area contributed by atoms with Crippen molar-refractivity contribution in [3.05, 3.63) is 34.9 Å². The maximum Gasteiger partial charge on any atom is 0.229 e.